The zero-order valence-electron chi connectivity index (χ0n) is 7.95. The third-order valence-corrected chi connectivity index (χ3v) is 2.41. The molecule has 0 N–H and O–H groups in total. The number of carbonyl (C=O) groups is 1. The zero-order valence-corrected chi connectivity index (χ0v) is 7.95. The van der Waals surface area contributed by atoms with E-state index in [1.165, 1.54) is 0 Å². The second-order valence-corrected chi connectivity index (χ2v) is 3.40. The maximum absolute atomic E-state index is 11.5. The number of hydrogen-bond acceptors (Lipinski definition) is 3. The smallest absolute Gasteiger partial charge is 0.152 e. The third kappa shape index (κ3) is 2.82. The topological polar surface area (TPSA) is 50.1 Å². The summed E-state index contributed by atoms with van der Waals surface area (Å²) in [5.74, 6) is -0.388. The molecule has 0 aromatic carbocycles. The van der Waals surface area contributed by atoms with Crippen molar-refractivity contribution in [2.45, 2.75) is 38.7 Å². The molecule has 0 aromatic heterocycles. The molecule has 1 fully saturated rings. The molecule has 0 aliphatic carbocycles. The van der Waals surface area contributed by atoms with Crippen molar-refractivity contribution in [1.29, 1.82) is 5.26 Å². The van der Waals surface area contributed by atoms with E-state index in [-0.39, 0.29) is 11.9 Å². The molecule has 1 saturated heterocycles. The predicted octanol–water partition coefficient (Wildman–Crippen LogP) is 1.67. The summed E-state index contributed by atoms with van der Waals surface area (Å²) in [6.07, 6.45) is 3.12. The van der Waals surface area contributed by atoms with Gasteiger partial charge in [0.2, 0.25) is 0 Å². The van der Waals surface area contributed by atoms with E-state index in [1.54, 1.807) is 0 Å². The van der Waals surface area contributed by atoms with Crippen LogP contribution in [0.5, 0.6) is 0 Å². The molecular weight excluding hydrogens is 166 g/mol. The molecule has 0 amide bonds. The molecule has 2 atom stereocenters. The fourth-order valence-corrected chi connectivity index (χ4v) is 1.56. The van der Waals surface area contributed by atoms with Crippen molar-refractivity contribution in [3.63, 3.8) is 0 Å². The number of Topliss-reactive ketones (excluding diaryl/α,β-unsaturated/α-hetero) is 1. The number of carbonyl (C=O) groups excluding carboxylic acids is 1. The minimum Gasteiger partial charge on any atom is -0.378 e. The van der Waals surface area contributed by atoms with Crippen molar-refractivity contribution in [3.05, 3.63) is 0 Å². The molecule has 3 nitrogen and oxygen atoms in total. The van der Waals surface area contributed by atoms with E-state index in [0.717, 1.165) is 19.4 Å². The SMILES string of the molecule is CCC(C#N)C(=O)CC1CCCO1. The van der Waals surface area contributed by atoms with Crippen LogP contribution in [-0.4, -0.2) is 18.5 Å². The first kappa shape index (κ1) is 10.2. The molecule has 1 rings (SSSR count). The Morgan fingerprint density at radius 1 is 1.77 bits per heavy atom. The summed E-state index contributed by atoms with van der Waals surface area (Å²) >= 11 is 0. The second kappa shape index (κ2) is 4.98. The lowest BCUT2D eigenvalue weighted by molar-refractivity contribution is -0.123. The Labute approximate surface area is 78.7 Å². The summed E-state index contributed by atoms with van der Waals surface area (Å²) < 4.78 is 5.33. The molecular formula is C10H15NO2. The average Bonchev–Trinajstić information content (AvgIpc) is 2.59. The van der Waals surface area contributed by atoms with Crippen LogP contribution in [-0.2, 0) is 9.53 Å². The van der Waals surface area contributed by atoms with Crippen molar-refractivity contribution >= 4 is 5.78 Å². The van der Waals surface area contributed by atoms with Gasteiger partial charge in [-0.2, -0.15) is 5.26 Å². The van der Waals surface area contributed by atoms with Crippen molar-refractivity contribution in [1.82, 2.24) is 0 Å². The highest BCUT2D eigenvalue weighted by molar-refractivity contribution is 5.83. The summed E-state index contributed by atoms with van der Waals surface area (Å²) in [5.41, 5.74) is 0. The van der Waals surface area contributed by atoms with Crippen molar-refractivity contribution in [2.75, 3.05) is 6.61 Å². The Kier molecular flexibility index (Phi) is 3.91. The first-order valence-electron chi connectivity index (χ1n) is 4.81. The van der Waals surface area contributed by atoms with Crippen LogP contribution in [0.1, 0.15) is 32.6 Å². The van der Waals surface area contributed by atoms with E-state index >= 15 is 0 Å². The lowest BCUT2D eigenvalue weighted by Gasteiger charge is -2.09. The number of ether oxygens (including phenoxy) is 1. The second-order valence-electron chi connectivity index (χ2n) is 3.40. The minimum absolute atomic E-state index is 0.0388. The van der Waals surface area contributed by atoms with Gasteiger partial charge in [-0.3, -0.25) is 4.79 Å². The van der Waals surface area contributed by atoms with Crippen molar-refractivity contribution in [3.8, 4) is 6.07 Å². The van der Waals surface area contributed by atoms with E-state index in [1.807, 2.05) is 13.0 Å². The van der Waals surface area contributed by atoms with Crippen LogP contribution in [0.15, 0.2) is 0 Å². The van der Waals surface area contributed by atoms with Gasteiger partial charge in [-0.05, 0) is 19.3 Å². The molecule has 72 valence electrons. The fourth-order valence-electron chi connectivity index (χ4n) is 1.56. The predicted molar refractivity (Wildman–Crippen MR) is 48.0 cm³/mol. The summed E-state index contributed by atoms with van der Waals surface area (Å²) in [4.78, 5) is 11.5. The van der Waals surface area contributed by atoms with Gasteiger partial charge < -0.3 is 4.74 Å². The lowest BCUT2D eigenvalue weighted by Crippen LogP contribution is -2.18. The molecule has 0 radical (unpaired) electrons. The molecule has 2 unspecified atom stereocenters. The maximum atomic E-state index is 11.5. The number of ketones is 1. The molecule has 1 aliphatic heterocycles. The monoisotopic (exact) mass is 181 g/mol. The Bertz CT molecular complexity index is 213. The zero-order chi connectivity index (χ0) is 9.68. The minimum atomic E-state index is -0.427. The van der Waals surface area contributed by atoms with Crippen LogP contribution in [0.25, 0.3) is 0 Å². The first-order valence-corrected chi connectivity index (χ1v) is 4.81. The summed E-state index contributed by atoms with van der Waals surface area (Å²) in [6, 6.07) is 2.02. The van der Waals surface area contributed by atoms with Gasteiger partial charge in [0.25, 0.3) is 0 Å². The van der Waals surface area contributed by atoms with E-state index in [0.29, 0.717) is 12.8 Å². The van der Waals surface area contributed by atoms with Crippen LogP contribution >= 0.6 is 0 Å². The number of nitrogens with zero attached hydrogens (tertiary/aromatic N) is 1. The largest absolute Gasteiger partial charge is 0.378 e. The summed E-state index contributed by atoms with van der Waals surface area (Å²) in [6.45, 7) is 2.63. The van der Waals surface area contributed by atoms with Gasteiger partial charge in [0.15, 0.2) is 5.78 Å². The maximum Gasteiger partial charge on any atom is 0.152 e. The van der Waals surface area contributed by atoms with Gasteiger partial charge in [-0.25, -0.2) is 0 Å². The molecule has 13 heavy (non-hydrogen) atoms. The van der Waals surface area contributed by atoms with E-state index in [4.69, 9.17) is 10.00 Å². The average molecular weight is 181 g/mol. The molecule has 0 spiro atoms. The van der Waals surface area contributed by atoms with Crippen molar-refractivity contribution in [2.24, 2.45) is 5.92 Å². The van der Waals surface area contributed by atoms with Gasteiger partial charge in [0.05, 0.1) is 12.2 Å². The molecule has 0 bridgehead atoms. The Morgan fingerprint density at radius 2 is 2.54 bits per heavy atom. The normalized spacial score (nSPS) is 23.8. The highest BCUT2D eigenvalue weighted by atomic mass is 16.5. The van der Waals surface area contributed by atoms with E-state index in [9.17, 15) is 4.79 Å². The number of hydrogen-bond donors (Lipinski definition) is 0. The van der Waals surface area contributed by atoms with Crippen LogP contribution < -0.4 is 0 Å². The van der Waals surface area contributed by atoms with E-state index in [2.05, 4.69) is 0 Å². The molecule has 0 saturated carbocycles. The Balaban J connectivity index is 2.35. The molecule has 0 aromatic rings. The van der Waals surface area contributed by atoms with E-state index < -0.39 is 5.92 Å². The Morgan fingerprint density at radius 3 is 3.00 bits per heavy atom. The van der Waals surface area contributed by atoms with Crippen LogP contribution in [0.4, 0.5) is 0 Å². The highest BCUT2D eigenvalue weighted by Gasteiger charge is 2.23. The number of rotatable bonds is 4. The quantitative estimate of drug-likeness (QED) is 0.663. The molecule has 3 heteroatoms. The molecule has 1 heterocycles. The third-order valence-electron chi connectivity index (χ3n) is 2.41. The molecule has 1 aliphatic rings. The summed E-state index contributed by atoms with van der Waals surface area (Å²) in [7, 11) is 0. The van der Waals surface area contributed by atoms with Gasteiger partial charge in [0, 0.05) is 13.0 Å². The van der Waals surface area contributed by atoms with Crippen LogP contribution in [0, 0.1) is 17.2 Å². The van der Waals surface area contributed by atoms with Gasteiger partial charge in [-0.15, -0.1) is 0 Å². The summed E-state index contributed by atoms with van der Waals surface area (Å²) in [5, 5.41) is 8.66. The first-order chi connectivity index (χ1) is 6.27. The van der Waals surface area contributed by atoms with Gasteiger partial charge in [-0.1, -0.05) is 6.92 Å². The standard InChI is InChI=1S/C10H15NO2/c1-2-8(7-11)10(12)6-9-4-3-5-13-9/h8-9H,2-6H2,1H3. The van der Waals surface area contributed by atoms with Gasteiger partial charge in [0.1, 0.15) is 5.92 Å². The Hall–Kier alpha value is -0.880. The lowest BCUT2D eigenvalue weighted by atomic mass is 9.97. The van der Waals surface area contributed by atoms with Crippen LogP contribution in [0.3, 0.4) is 0 Å². The number of nitriles is 1. The van der Waals surface area contributed by atoms with Gasteiger partial charge >= 0.3 is 0 Å². The van der Waals surface area contributed by atoms with Crippen LogP contribution in [0.2, 0.25) is 0 Å². The van der Waals surface area contributed by atoms with Crippen molar-refractivity contribution < 1.29 is 9.53 Å². The fraction of sp³-hybridized carbons (Fsp3) is 0.800. The highest BCUT2D eigenvalue weighted by Crippen LogP contribution is 2.18.